The highest BCUT2D eigenvalue weighted by Crippen LogP contribution is 2.69. The van der Waals surface area contributed by atoms with Crippen molar-refractivity contribution in [1.29, 1.82) is 0 Å². The number of nitrogens with one attached hydrogen (secondary N) is 1. The smallest absolute Gasteiger partial charge is 0.239 e. The van der Waals surface area contributed by atoms with E-state index in [9.17, 15) is 14.4 Å². The summed E-state index contributed by atoms with van der Waals surface area (Å²) >= 11 is 0. The lowest BCUT2D eigenvalue weighted by atomic mass is 9.64. The Labute approximate surface area is 136 Å². The molecule has 4 nitrogen and oxygen atoms in total. The van der Waals surface area contributed by atoms with Crippen LogP contribution in [0.5, 0.6) is 0 Å². The zero-order valence-electron chi connectivity index (χ0n) is 14.4. The summed E-state index contributed by atoms with van der Waals surface area (Å²) in [7, 11) is 0. The highest BCUT2D eigenvalue weighted by molar-refractivity contribution is 6.49. The van der Waals surface area contributed by atoms with Gasteiger partial charge in [0, 0.05) is 11.1 Å². The van der Waals surface area contributed by atoms with Gasteiger partial charge in [0.05, 0.1) is 0 Å². The number of fused-ring (bicyclic) bond motifs is 2. The summed E-state index contributed by atoms with van der Waals surface area (Å²) in [6.07, 6.45) is 1.03. The molecule has 3 rings (SSSR count). The third kappa shape index (κ3) is 1.64. The predicted molar refractivity (Wildman–Crippen MR) is 88.1 cm³/mol. The number of aryl methyl sites for hydroxylation is 1. The summed E-state index contributed by atoms with van der Waals surface area (Å²) in [4.78, 5) is 38.2. The Bertz CT molecular complexity index is 749. The van der Waals surface area contributed by atoms with Crippen LogP contribution in [0.3, 0.4) is 0 Å². The van der Waals surface area contributed by atoms with E-state index in [1.807, 2.05) is 52.8 Å². The number of hydrogen-bond donors (Lipinski definition) is 1. The Morgan fingerprint density at radius 2 is 1.70 bits per heavy atom. The van der Waals surface area contributed by atoms with Gasteiger partial charge in [0.15, 0.2) is 0 Å². The molecule has 1 N–H and O–H groups in total. The average molecular weight is 313 g/mol. The molecule has 1 aromatic carbocycles. The van der Waals surface area contributed by atoms with Gasteiger partial charge in [-0.3, -0.25) is 14.4 Å². The van der Waals surface area contributed by atoms with Crippen LogP contribution < -0.4 is 5.32 Å². The Kier molecular flexibility index (Phi) is 3.13. The van der Waals surface area contributed by atoms with E-state index in [1.165, 1.54) is 0 Å². The first kappa shape index (κ1) is 15.9. The maximum absolute atomic E-state index is 13.1. The number of carbonyl (C=O) groups excluding carboxylic acids is 3. The van der Waals surface area contributed by atoms with Gasteiger partial charge < -0.3 is 5.32 Å². The van der Waals surface area contributed by atoms with Gasteiger partial charge in [0.1, 0.15) is 5.41 Å². The third-order valence-corrected chi connectivity index (χ3v) is 6.78. The average Bonchev–Trinajstić information content (AvgIpc) is 2.76. The molecule has 122 valence electrons. The first-order valence-corrected chi connectivity index (χ1v) is 8.06. The summed E-state index contributed by atoms with van der Waals surface area (Å²) in [5.41, 5.74) is 0.117. The van der Waals surface area contributed by atoms with Crippen LogP contribution in [-0.4, -0.2) is 17.5 Å². The van der Waals surface area contributed by atoms with Crippen LogP contribution in [0.2, 0.25) is 0 Å². The zero-order valence-corrected chi connectivity index (χ0v) is 14.4. The Hall–Kier alpha value is -1.97. The number of anilines is 1. The fourth-order valence-electron chi connectivity index (χ4n) is 4.39. The first-order valence-electron chi connectivity index (χ1n) is 8.06. The largest absolute Gasteiger partial charge is 0.325 e. The molecule has 0 aromatic heterocycles. The lowest BCUT2D eigenvalue weighted by molar-refractivity contribution is -0.147. The van der Waals surface area contributed by atoms with E-state index in [1.54, 1.807) is 0 Å². The van der Waals surface area contributed by atoms with Gasteiger partial charge in [-0.15, -0.1) is 0 Å². The van der Waals surface area contributed by atoms with E-state index in [-0.39, 0.29) is 11.7 Å². The number of ketones is 2. The molecule has 2 bridgehead atoms. The van der Waals surface area contributed by atoms with Crippen LogP contribution in [0.25, 0.3) is 0 Å². The molecule has 23 heavy (non-hydrogen) atoms. The minimum Gasteiger partial charge on any atom is -0.325 e. The number of hydrogen-bond acceptors (Lipinski definition) is 3. The molecule has 0 unspecified atom stereocenters. The molecule has 0 spiro atoms. The molecular formula is C19H23NO3. The zero-order chi connectivity index (χ0) is 17.2. The van der Waals surface area contributed by atoms with E-state index >= 15 is 0 Å². The minimum absolute atomic E-state index is 0.337. The summed E-state index contributed by atoms with van der Waals surface area (Å²) in [5, 5.41) is 2.92. The van der Waals surface area contributed by atoms with Crippen LogP contribution in [-0.2, 0) is 14.4 Å². The van der Waals surface area contributed by atoms with Crippen molar-refractivity contribution in [3.8, 4) is 0 Å². The molecule has 0 heterocycles. The van der Waals surface area contributed by atoms with E-state index in [0.717, 1.165) is 11.1 Å². The number of carbonyl (C=O) groups is 3. The van der Waals surface area contributed by atoms with Crippen molar-refractivity contribution in [2.75, 3.05) is 5.32 Å². The molecule has 2 atom stereocenters. The number of Topliss-reactive ketones (excluding diaryl/α,β-unsaturated/α-hetero) is 2. The molecule has 1 amide bonds. The Morgan fingerprint density at radius 1 is 1.04 bits per heavy atom. The fourth-order valence-corrected chi connectivity index (χ4v) is 4.39. The van der Waals surface area contributed by atoms with Crippen LogP contribution >= 0.6 is 0 Å². The molecule has 2 fully saturated rings. The van der Waals surface area contributed by atoms with E-state index in [2.05, 4.69) is 5.32 Å². The number of amides is 1. The number of rotatable bonds is 2. The number of benzene rings is 1. The molecule has 2 aliphatic carbocycles. The monoisotopic (exact) mass is 313 g/mol. The molecule has 0 radical (unpaired) electrons. The predicted octanol–water partition coefficient (Wildman–Crippen LogP) is 3.21. The van der Waals surface area contributed by atoms with Crippen LogP contribution in [0, 0.1) is 30.1 Å². The summed E-state index contributed by atoms with van der Waals surface area (Å²) in [6, 6.07) is 5.69. The lowest BCUT2D eigenvalue weighted by Gasteiger charge is -2.37. The van der Waals surface area contributed by atoms with Gasteiger partial charge in [-0.1, -0.05) is 32.9 Å². The van der Waals surface area contributed by atoms with Gasteiger partial charge in [-0.25, -0.2) is 0 Å². The SMILES string of the molecule is Cc1cccc(NC(=O)[C@@]23CC[C@@](C)(C(=O)C2=O)C3(C)C)c1C. The van der Waals surface area contributed by atoms with Crippen molar-refractivity contribution in [3.05, 3.63) is 29.3 Å². The van der Waals surface area contributed by atoms with Crippen molar-refractivity contribution in [1.82, 2.24) is 0 Å². The second-order valence-electron chi connectivity index (χ2n) is 7.72. The highest BCUT2D eigenvalue weighted by Gasteiger charge is 2.77. The van der Waals surface area contributed by atoms with Gasteiger partial charge in [0.25, 0.3) is 0 Å². The van der Waals surface area contributed by atoms with E-state index in [0.29, 0.717) is 18.5 Å². The second kappa shape index (κ2) is 4.53. The molecule has 4 heteroatoms. The summed E-state index contributed by atoms with van der Waals surface area (Å²) in [6.45, 7) is 9.50. The molecule has 2 saturated carbocycles. The molecular weight excluding hydrogens is 290 g/mol. The van der Waals surface area contributed by atoms with Crippen molar-refractivity contribution in [2.45, 2.75) is 47.5 Å². The van der Waals surface area contributed by atoms with Gasteiger partial charge in [-0.05, 0) is 49.3 Å². The first-order chi connectivity index (χ1) is 10.6. The standard InChI is InChI=1S/C19H23NO3/c1-11-7-6-8-13(12(11)2)20-16(23)19-10-9-18(5,17(19,3)4)14(21)15(19)22/h6-8H,9-10H2,1-5H3,(H,20,23)/t18-,19+/m0/s1. The van der Waals surface area contributed by atoms with Gasteiger partial charge in [-0.2, -0.15) is 0 Å². The van der Waals surface area contributed by atoms with Gasteiger partial charge >= 0.3 is 0 Å². The lowest BCUT2D eigenvalue weighted by Crippen LogP contribution is -2.47. The minimum atomic E-state index is -1.24. The van der Waals surface area contributed by atoms with Crippen LogP contribution in [0.15, 0.2) is 18.2 Å². The molecule has 0 saturated heterocycles. The maximum atomic E-state index is 13.1. The second-order valence-corrected chi connectivity index (χ2v) is 7.72. The fraction of sp³-hybridized carbons (Fsp3) is 0.526. The van der Waals surface area contributed by atoms with Crippen molar-refractivity contribution >= 4 is 23.2 Å². The quantitative estimate of drug-likeness (QED) is 0.673. The third-order valence-electron chi connectivity index (χ3n) is 6.78. The summed E-state index contributed by atoms with van der Waals surface area (Å²) < 4.78 is 0. The topological polar surface area (TPSA) is 63.2 Å². The van der Waals surface area contributed by atoms with E-state index in [4.69, 9.17) is 0 Å². The molecule has 1 aromatic rings. The Morgan fingerprint density at radius 3 is 2.26 bits per heavy atom. The highest BCUT2D eigenvalue weighted by atomic mass is 16.2. The van der Waals surface area contributed by atoms with Crippen molar-refractivity contribution in [2.24, 2.45) is 16.2 Å². The molecule has 2 aliphatic rings. The van der Waals surface area contributed by atoms with Crippen molar-refractivity contribution < 1.29 is 14.4 Å². The molecule has 0 aliphatic heterocycles. The van der Waals surface area contributed by atoms with E-state index < -0.39 is 22.0 Å². The van der Waals surface area contributed by atoms with Crippen LogP contribution in [0.4, 0.5) is 5.69 Å². The van der Waals surface area contributed by atoms with Gasteiger partial charge in [0.2, 0.25) is 17.5 Å². The maximum Gasteiger partial charge on any atom is 0.239 e. The normalized spacial score (nSPS) is 31.5. The van der Waals surface area contributed by atoms with Crippen LogP contribution in [0.1, 0.15) is 44.7 Å². The van der Waals surface area contributed by atoms with Crippen molar-refractivity contribution in [3.63, 3.8) is 0 Å². The Balaban J connectivity index is 2.04. The summed E-state index contributed by atoms with van der Waals surface area (Å²) in [5.74, 6) is -1.24.